The lowest BCUT2D eigenvalue weighted by Gasteiger charge is -2.15. The highest BCUT2D eigenvalue weighted by atomic mass is 35.5. The maximum Gasteiger partial charge on any atom is 0.161 e. The first-order valence-corrected chi connectivity index (χ1v) is 10.2. The van der Waals surface area contributed by atoms with Crippen molar-refractivity contribution in [2.45, 2.75) is 20.1 Å². The molecule has 0 aliphatic carbocycles. The van der Waals surface area contributed by atoms with E-state index in [0.717, 1.165) is 5.56 Å². The van der Waals surface area contributed by atoms with Gasteiger partial charge in [0.15, 0.2) is 17.2 Å². The van der Waals surface area contributed by atoms with Crippen LogP contribution in [0.1, 0.15) is 18.1 Å². The van der Waals surface area contributed by atoms with Crippen molar-refractivity contribution in [3.8, 4) is 17.2 Å². The predicted octanol–water partition coefficient (Wildman–Crippen LogP) is 7.08. The van der Waals surface area contributed by atoms with Crippen molar-refractivity contribution in [1.82, 2.24) is 0 Å². The fourth-order valence-corrected chi connectivity index (χ4v) is 3.42. The zero-order valence-corrected chi connectivity index (χ0v) is 18.3. The molecule has 0 amide bonds. The summed E-state index contributed by atoms with van der Waals surface area (Å²) < 4.78 is 24.7. The Morgan fingerprint density at radius 2 is 1.63 bits per heavy atom. The number of anilines is 1. The van der Waals surface area contributed by atoms with Crippen LogP contribution in [-0.4, -0.2) is 11.7 Å². The average Bonchev–Trinajstić information content (AvgIpc) is 2.71. The topological polar surface area (TPSA) is 50.7 Å². The van der Waals surface area contributed by atoms with E-state index < -0.39 is 5.82 Å². The summed E-state index contributed by atoms with van der Waals surface area (Å²) in [6.45, 7) is 3.00. The number of phenols is 1. The Labute approximate surface area is 189 Å². The van der Waals surface area contributed by atoms with Crippen LogP contribution in [0.5, 0.6) is 17.2 Å². The lowest BCUT2D eigenvalue weighted by atomic mass is 10.2. The summed E-state index contributed by atoms with van der Waals surface area (Å²) in [6, 6.07) is 12.9. The number of ether oxygens (including phenoxy) is 2. The standard InChI is InChI=1S/C22H19Cl3FNO3/c1-2-29-21-7-13(11-27-16-9-18(24)22(28)19(25)10-16)3-6-20(21)30-12-14-4-5-15(26)8-17(14)23/h3-10,27-28H,2,11-12H2,1H3. The highest BCUT2D eigenvalue weighted by Gasteiger charge is 2.10. The number of halogens is 4. The molecule has 0 heterocycles. The van der Waals surface area contributed by atoms with Gasteiger partial charge in [-0.2, -0.15) is 0 Å². The van der Waals surface area contributed by atoms with Crippen molar-refractivity contribution < 1.29 is 19.0 Å². The molecule has 30 heavy (non-hydrogen) atoms. The molecule has 0 spiro atoms. The zero-order valence-electron chi connectivity index (χ0n) is 16.0. The minimum absolute atomic E-state index is 0.148. The second-order valence-corrected chi connectivity index (χ2v) is 7.60. The molecule has 158 valence electrons. The summed E-state index contributed by atoms with van der Waals surface area (Å²) in [5.41, 5.74) is 2.28. The molecule has 3 aromatic carbocycles. The molecule has 8 heteroatoms. The minimum atomic E-state index is -0.396. The summed E-state index contributed by atoms with van der Waals surface area (Å²) in [4.78, 5) is 0. The van der Waals surface area contributed by atoms with Gasteiger partial charge in [-0.1, -0.05) is 46.9 Å². The molecule has 0 saturated heterocycles. The van der Waals surface area contributed by atoms with Crippen LogP contribution in [0.3, 0.4) is 0 Å². The lowest BCUT2D eigenvalue weighted by Crippen LogP contribution is -2.03. The molecule has 3 aromatic rings. The van der Waals surface area contributed by atoms with E-state index in [1.807, 2.05) is 19.1 Å². The van der Waals surface area contributed by atoms with Crippen LogP contribution in [0.4, 0.5) is 10.1 Å². The number of phenolic OH excluding ortho intramolecular Hbond substituents is 1. The van der Waals surface area contributed by atoms with Gasteiger partial charge >= 0.3 is 0 Å². The van der Waals surface area contributed by atoms with Gasteiger partial charge in [0.05, 0.1) is 21.7 Å². The first kappa shape index (κ1) is 22.3. The summed E-state index contributed by atoms with van der Waals surface area (Å²) in [6.07, 6.45) is 0. The Morgan fingerprint density at radius 1 is 0.900 bits per heavy atom. The van der Waals surface area contributed by atoms with Crippen LogP contribution in [-0.2, 0) is 13.2 Å². The second-order valence-electron chi connectivity index (χ2n) is 6.38. The van der Waals surface area contributed by atoms with Gasteiger partial charge in [-0.3, -0.25) is 0 Å². The Bertz CT molecular complexity index is 1020. The summed E-state index contributed by atoms with van der Waals surface area (Å²) in [7, 11) is 0. The molecular formula is C22H19Cl3FNO3. The van der Waals surface area contributed by atoms with Gasteiger partial charge in [0, 0.05) is 17.8 Å². The Kier molecular flexibility index (Phi) is 7.53. The smallest absolute Gasteiger partial charge is 0.161 e. The second kappa shape index (κ2) is 10.1. The van der Waals surface area contributed by atoms with E-state index in [0.29, 0.717) is 40.9 Å². The first-order valence-electron chi connectivity index (χ1n) is 9.11. The van der Waals surface area contributed by atoms with E-state index in [2.05, 4.69) is 5.32 Å². The third-order valence-electron chi connectivity index (χ3n) is 4.22. The maximum atomic E-state index is 13.2. The highest BCUT2D eigenvalue weighted by Crippen LogP contribution is 2.35. The third-order valence-corrected chi connectivity index (χ3v) is 5.15. The lowest BCUT2D eigenvalue weighted by molar-refractivity contribution is 0.269. The maximum absolute atomic E-state index is 13.2. The van der Waals surface area contributed by atoms with Crippen molar-refractivity contribution in [2.24, 2.45) is 0 Å². The molecule has 4 nitrogen and oxygen atoms in total. The minimum Gasteiger partial charge on any atom is -0.505 e. The van der Waals surface area contributed by atoms with E-state index in [9.17, 15) is 9.50 Å². The van der Waals surface area contributed by atoms with Gasteiger partial charge in [-0.25, -0.2) is 4.39 Å². The molecule has 2 N–H and O–H groups in total. The number of benzene rings is 3. The van der Waals surface area contributed by atoms with E-state index in [4.69, 9.17) is 44.3 Å². The molecule has 0 saturated carbocycles. The van der Waals surface area contributed by atoms with Crippen molar-refractivity contribution in [3.05, 3.63) is 80.5 Å². The summed E-state index contributed by atoms with van der Waals surface area (Å²) in [5.74, 6) is 0.589. The van der Waals surface area contributed by atoms with Crippen molar-refractivity contribution >= 4 is 40.5 Å². The molecule has 0 aromatic heterocycles. The van der Waals surface area contributed by atoms with Gasteiger partial charge in [-0.05, 0) is 48.9 Å². The SMILES string of the molecule is CCOc1cc(CNc2cc(Cl)c(O)c(Cl)c2)ccc1OCc1ccc(F)cc1Cl. The van der Waals surface area contributed by atoms with Crippen LogP contribution >= 0.6 is 34.8 Å². The van der Waals surface area contributed by atoms with Crippen molar-refractivity contribution in [1.29, 1.82) is 0 Å². The number of rotatable bonds is 8. The molecule has 0 fully saturated rings. The Morgan fingerprint density at radius 3 is 2.30 bits per heavy atom. The van der Waals surface area contributed by atoms with Gasteiger partial charge in [0.2, 0.25) is 0 Å². The van der Waals surface area contributed by atoms with Gasteiger partial charge in [0.25, 0.3) is 0 Å². The van der Waals surface area contributed by atoms with E-state index in [1.54, 1.807) is 24.3 Å². The van der Waals surface area contributed by atoms with Gasteiger partial charge in [-0.15, -0.1) is 0 Å². The fraction of sp³-hybridized carbons (Fsp3) is 0.182. The molecule has 0 aliphatic heterocycles. The number of hydrogen-bond donors (Lipinski definition) is 2. The Hall–Kier alpha value is -2.34. The molecule has 0 bridgehead atoms. The zero-order chi connectivity index (χ0) is 21.7. The molecule has 0 unspecified atom stereocenters. The summed E-state index contributed by atoms with van der Waals surface area (Å²) in [5, 5.41) is 13.5. The van der Waals surface area contributed by atoms with E-state index >= 15 is 0 Å². The largest absolute Gasteiger partial charge is 0.505 e. The van der Waals surface area contributed by atoms with Crippen molar-refractivity contribution in [3.63, 3.8) is 0 Å². The Balaban J connectivity index is 1.71. The third kappa shape index (κ3) is 5.63. The van der Waals surface area contributed by atoms with Crippen LogP contribution in [0.25, 0.3) is 0 Å². The van der Waals surface area contributed by atoms with Crippen LogP contribution in [0.2, 0.25) is 15.1 Å². The first-order chi connectivity index (χ1) is 14.4. The van der Waals surface area contributed by atoms with Crippen molar-refractivity contribution in [2.75, 3.05) is 11.9 Å². The highest BCUT2D eigenvalue weighted by molar-refractivity contribution is 6.37. The molecule has 0 radical (unpaired) electrons. The van der Waals surface area contributed by atoms with E-state index in [-0.39, 0.29) is 22.4 Å². The van der Waals surface area contributed by atoms with Crippen LogP contribution < -0.4 is 14.8 Å². The monoisotopic (exact) mass is 469 g/mol. The van der Waals surface area contributed by atoms with Crippen LogP contribution in [0.15, 0.2) is 48.5 Å². The molecule has 0 atom stereocenters. The van der Waals surface area contributed by atoms with E-state index in [1.165, 1.54) is 12.1 Å². The van der Waals surface area contributed by atoms with Gasteiger partial charge in [0.1, 0.15) is 12.4 Å². The average molecular weight is 471 g/mol. The normalized spacial score (nSPS) is 10.7. The molecular weight excluding hydrogens is 452 g/mol. The number of aromatic hydroxyl groups is 1. The number of hydrogen-bond acceptors (Lipinski definition) is 4. The predicted molar refractivity (Wildman–Crippen MR) is 119 cm³/mol. The summed E-state index contributed by atoms with van der Waals surface area (Å²) >= 11 is 18.0. The van der Waals surface area contributed by atoms with Gasteiger partial charge < -0.3 is 19.9 Å². The fourth-order valence-electron chi connectivity index (χ4n) is 2.72. The molecule has 0 aliphatic rings. The number of nitrogens with one attached hydrogen (secondary N) is 1. The molecule has 3 rings (SSSR count). The van der Waals surface area contributed by atoms with Crippen LogP contribution in [0, 0.1) is 5.82 Å². The quantitative estimate of drug-likeness (QED) is 0.345.